The molecule has 4 aromatic rings. The molecule has 2 aromatic heterocycles. The van der Waals surface area contributed by atoms with Crippen molar-refractivity contribution in [2.45, 2.75) is 38.2 Å². The maximum atomic E-state index is 13.3. The molecule has 3 heterocycles. The van der Waals surface area contributed by atoms with E-state index in [9.17, 15) is 4.79 Å². The van der Waals surface area contributed by atoms with Gasteiger partial charge in [-0.25, -0.2) is 14.8 Å². The average Bonchev–Trinajstić information content (AvgIpc) is 3.13. The first-order valence-electron chi connectivity index (χ1n) is 11.4. The summed E-state index contributed by atoms with van der Waals surface area (Å²) >= 11 is 0. The number of fused-ring (bicyclic) bond motifs is 3. The second-order valence-corrected chi connectivity index (χ2v) is 8.47. The summed E-state index contributed by atoms with van der Waals surface area (Å²) in [6, 6.07) is 13.1. The van der Waals surface area contributed by atoms with Gasteiger partial charge in [0.15, 0.2) is 17.1 Å². The van der Waals surface area contributed by atoms with Gasteiger partial charge in [-0.1, -0.05) is 18.6 Å². The van der Waals surface area contributed by atoms with Gasteiger partial charge in [0.05, 0.1) is 16.7 Å². The predicted octanol–water partition coefficient (Wildman–Crippen LogP) is 4.42. The molecule has 8 nitrogen and oxygen atoms in total. The van der Waals surface area contributed by atoms with Crippen LogP contribution in [0.4, 0.5) is 5.82 Å². The van der Waals surface area contributed by atoms with E-state index in [0.717, 1.165) is 25.7 Å². The van der Waals surface area contributed by atoms with Crippen molar-refractivity contribution in [2.75, 3.05) is 18.9 Å². The lowest BCUT2D eigenvalue weighted by Gasteiger charge is -2.21. The first-order valence-corrected chi connectivity index (χ1v) is 11.4. The van der Waals surface area contributed by atoms with Crippen molar-refractivity contribution in [1.29, 1.82) is 0 Å². The van der Waals surface area contributed by atoms with Gasteiger partial charge < -0.3 is 19.9 Å². The molecule has 0 atom stereocenters. The number of carbonyl (C=O) groups excluding carboxylic acids is 1. The van der Waals surface area contributed by atoms with Gasteiger partial charge in [-0.15, -0.1) is 0 Å². The molecule has 0 spiro atoms. The SMILES string of the molecule is Nc1c(C(=O)OC2CCCCC2)c2nc3ccccc3nc2n1-c1ccc2c(c1)OCCO2. The highest BCUT2D eigenvalue weighted by Gasteiger charge is 2.29. The molecule has 0 amide bonds. The van der Waals surface area contributed by atoms with Crippen LogP contribution in [0, 0.1) is 0 Å². The molecule has 2 aliphatic rings. The first kappa shape index (κ1) is 19.8. The predicted molar refractivity (Wildman–Crippen MR) is 124 cm³/mol. The van der Waals surface area contributed by atoms with E-state index in [1.165, 1.54) is 6.42 Å². The first-order chi connectivity index (χ1) is 16.2. The third kappa shape index (κ3) is 3.42. The fourth-order valence-corrected chi connectivity index (χ4v) is 4.69. The number of aromatic nitrogens is 3. The number of nitrogen functional groups attached to an aromatic ring is 1. The van der Waals surface area contributed by atoms with Crippen molar-refractivity contribution in [3.8, 4) is 17.2 Å². The van der Waals surface area contributed by atoms with Crippen molar-refractivity contribution >= 4 is 34.0 Å². The second kappa shape index (κ2) is 7.95. The lowest BCUT2D eigenvalue weighted by atomic mass is 9.98. The van der Waals surface area contributed by atoms with Gasteiger partial charge in [0.2, 0.25) is 0 Å². The molecule has 1 aliphatic carbocycles. The van der Waals surface area contributed by atoms with E-state index in [2.05, 4.69) is 0 Å². The van der Waals surface area contributed by atoms with E-state index < -0.39 is 5.97 Å². The quantitative estimate of drug-likeness (QED) is 0.467. The Balaban J connectivity index is 1.53. The highest BCUT2D eigenvalue weighted by molar-refractivity contribution is 6.09. The Bertz CT molecular complexity index is 1370. The van der Waals surface area contributed by atoms with Crippen molar-refractivity contribution in [1.82, 2.24) is 14.5 Å². The van der Waals surface area contributed by atoms with Gasteiger partial charge in [0.1, 0.15) is 36.2 Å². The summed E-state index contributed by atoms with van der Waals surface area (Å²) in [5, 5.41) is 0. The van der Waals surface area contributed by atoms with Crippen LogP contribution < -0.4 is 15.2 Å². The Hall–Kier alpha value is -3.81. The zero-order valence-electron chi connectivity index (χ0n) is 18.1. The van der Waals surface area contributed by atoms with Crippen LogP contribution in [-0.2, 0) is 4.74 Å². The largest absolute Gasteiger partial charge is 0.486 e. The number of para-hydroxylation sites is 2. The number of hydrogen-bond donors (Lipinski definition) is 1. The van der Waals surface area contributed by atoms with Gasteiger partial charge in [-0.3, -0.25) is 4.57 Å². The Morgan fingerprint density at radius 3 is 2.48 bits per heavy atom. The lowest BCUT2D eigenvalue weighted by molar-refractivity contribution is 0.0214. The van der Waals surface area contributed by atoms with Crippen LogP contribution in [0.2, 0.25) is 0 Å². The van der Waals surface area contributed by atoms with E-state index in [4.69, 9.17) is 29.9 Å². The fourth-order valence-electron chi connectivity index (χ4n) is 4.69. The normalized spacial score (nSPS) is 16.2. The van der Waals surface area contributed by atoms with Crippen molar-refractivity contribution in [2.24, 2.45) is 0 Å². The number of ether oxygens (including phenoxy) is 3. The molecule has 1 saturated carbocycles. The molecule has 168 valence electrons. The molecular weight excluding hydrogens is 420 g/mol. The maximum Gasteiger partial charge on any atom is 0.344 e. The Labute approximate surface area is 190 Å². The molecule has 0 saturated heterocycles. The monoisotopic (exact) mass is 444 g/mol. The summed E-state index contributed by atoms with van der Waals surface area (Å²) in [6.45, 7) is 0.983. The number of nitrogens with two attached hydrogens (primary N) is 1. The Kier molecular flexibility index (Phi) is 4.78. The van der Waals surface area contributed by atoms with E-state index >= 15 is 0 Å². The fraction of sp³-hybridized carbons (Fsp3) is 0.320. The molecular formula is C25H24N4O4. The molecule has 0 unspecified atom stereocenters. The number of nitrogens with zero attached hydrogens (tertiary/aromatic N) is 3. The van der Waals surface area contributed by atoms with Gasteiger partial charge >= 0.3 is 5.97 Å². The van der Waals surface area contributed by atoms with Crippen LogP contribution >= 0.6 is 0 Å². The van der Waals surface area contributed by atoms with E-state index in [1.54, 1.807) is 4.57 Å². The second-order valence-electron chi connectivity index (χ2n) is 8.47. The molecule has 0 radical (unpaired) electrons. The summed E-state index contributed by atoms with van der Waals surface area (Å²) in [4.78, 5) is 22.9. The minimum atomic E-state index is -0.453. The lowest BCUT2D eigenvalue weighted by Crippen LogP contribution is -2.21. The van der Waals surface area contributed by atoms with Crippen molar-refractivity contribution in [3.05, 3.63) is 48.0 Å². The van der Waals surface area contributed by atoms with Crippen LogP contribution in [0.25, 0.3) is 27.9 Å². The van der Waals surface area contributed by atoms with Crippen LogP contribution in [0.1, 0.15) is 42.5 Å². The number of esters is 1. The molecule has 33 heavy (non-hydrogen) atoms. The third-order valence-electron chi connectivity index (χ3n) is 6.31. The van der Waals surface area contributed by atoms with E-state index in [1.807, 2.05) is 42.5 Å². The van der Waals surface area contributed by atoms with Crippen LogP contribution in [0.15, 0.2) is 42.5 Å². The number of carbonyl (C=O) groups is 1. The van der Waals surface area contributed by atoms with Gasteiger partial charge in [-0.05, 0) is 49.9 Å². The Morgan fingerprint density at radius 2 is 1.70 bits per heavy atom. The summed E-state index contributed by atoms with van der Waals surface area (Å²) in [7, 11) is 0. The number of rotatable bonds is 3. The summed E-state index contributed by atoms with van der Waals surface area (Å²) < 4.78 is 19.0. The number of hydrogen-bond acceptors (Lipinski definition) is 7. The van der Waals surface area contributed by atoms with Crippen LogP contribution in [-0.4, -0.2) is 39.8 Å². The number of anilines is 1. The Morgan fingerprint density at radius 1 is 0.970 bits per heavy atom. The summed E-state index contributed by atoms with van der Waals surface area (Å²) in [6.07, 6.45) is 4.97. The highest BCUT2D eigenvalue weighted by Crippen LogP contribution is 2.37. The molecule has 8 heteroatoms. The molecule has 1 aliphatic heterocycles. The van der Waals surface area contributed by atoms with Crippen LogP contribution in [0.5, 0.6) is 11.5 Å². The average molecular weight is 444 g/mol. The standard InChI is InChI=1S/C25H24N4O4/c26-23-21(25(30)33-16-6-2-1-3-7-16)22-24(28-18-9-5-4-8-17(18)27-22)29(23)15-10-11-19-20(14-15)32-13-12-31-19/h4-5,8-11,14,16H,1-3,6-7,12-13,26H2. The molecule has 1 fully saturated rings. The van der Waals surface area contributed by atoms with Gasteiger partial charge in [0, 0.05) is 6.07 Å². The molecule has 6 rings (SSSR count). The van der Waals surface area contributed by atoms with Crippen molar-refractivity contribution in [3.63, 3.8) is 0 Å². The topological polar surface area (TPSA) is 101 Å². The molecule has 2 N–H and O–H groups in total. The van der Waals surface area contributed by atoms with Gasteiger partial charge in [0.25, 0.3) is 0 Å². The highest BCUT2D eigenvalue weighted by atomic mass is 16.6. The van der Waals surface area contributed by atoms with Crippen LogP contribution in [0.3, 0.4) is 0 Å². The maximum absolute atomic E-state index is 13.3. The third-order valence-corrected chi connectivity index (χ3v) is 6.31. The zero-order valence-corrected chi connectivity index (χ0v) is 18.1. The minimum absolute atomic E-state index is 0.0910. The molecule has 0 bridgehead atoms. The smallest absolute Gasteiger partial charge is 0.344 e. The van der Waals surface area contributed by atoms with E-state index in [-0.39, 0.29) is 17.5 Å². The number of benzene rings is 2. The van der Waals surface area contributed by atoms with E-state index in [0.29, 0.717) is 52.6 Å². The van der Waals surface area contributed by atoms with Crippen molar-refractivity contribution < 1.29 is 19.0 Å². The molecule has 2 aromatic carbocycles. The summed E-state index contributed by atoms with van der Waals surface area (Å²) in [5.74, 6) is 1.09. The minimum Gasteiger partial charge on any atom is -0.486 e. The summed E-state index contributed by atoms with van der Waals surface area (Å²) in [5.41, 5.74) is 9.91. The zero-order chi connectivity index (χ0) is 22.4. The van der Waals surface area contributed by atoms with Gasteiger partial charge in [-0.2, -0.15) is 0 Å².